The summed E-state index contributed by atoms with van der Waals surface area (Å²) in [6.45, 7) is 21.3. The van der Waals surface area contributed by atoms with Gasteiger partial charge < -0.3 is 15.4 Å². The molecule has 45 heavy (non-hydrogen) atoms. The third-order valence-corrected chi connectivity index (χ3v) is 9.07. The lowest BCUT2D eigenvalue weighted by atomic mass is 9.88. The van der Waals surface area contributed by atoms with Crippen LogP contribution >= 0.6 is 11.3 Å². The molecular weight excluding hydrogens is 590 g/mol. The van der Waals surface area contributed by atoms with Gasteiger partial charge in [0.1, 0.15) is 16.6 Å². The summed E-state index contributed by atoms with van der Waals surface area (Å²) in [6, 6.07) is 2.04. The van der Waals surface area contributed by atoms with Gasteiger partial charge in [0.25, 0.3) is 0 Å². The zero-order valence-corrected chi connectivity index (χ0v) is 29.0. The SMILES string of the molecule is CC.CC(C)C1CN(c2ncc3c4c(c(-c5ncc(F)c6sc(N)c(C#N)c56)c(F)c3n2)COC4)CC1C.CCC.CCCC. The Hall–Kier alpha value is -3.42. The molecule has 1 saturated heterocycles. The summed E-state index contributed by atoms with van der Waals surface area (Å²) in [7, 11) is 0. The number of fused-ring (bicyclic) bond motifs is 4. The number of rotatable bonds is 4. The number of ether oxygens (including phenoxy) is 1. The minimum absolute atomic E-state index is 0.0957. The van der Waals surface area contributed by atoms with Gasteiger partial charge in [0.2, 0.25) is 5.95 Å². The monoisotopic (exact) mass is 638 g/mol. The van der Waals surface area contributed by atoms with Crippen LogP contribution in [0.1, 0.15) is 98.3 Å². The van der Waals surface area contributed by atoms with Crippen molar-refractivity contribution in [1.29, 1.82) is 5.26 Å². The minimum atomic E-state index is -0.603. The number of thiophene rings is 1. The maximum atomic E-state index is 16.4. The highest BCUT2D eigenvalue weighted by Gasteiger charge is 2.34. The highest BCUT2D eigenvalue weighted by atomic mass is 32.1. The number of nitrogens with zero attached hydrogens (tertiary/aromatic N) is 5. The number of hydrogen-bond donors (Lipinski definition) is 1. The molecule has 10 heteroatoms. The Balaban J connectivity index is 0.000000552. The number of halogens is 2. The number of hydrogen-bond acceptors (Lipinski definition) is 8. The van der Waals surface area contributed by atoms with E-state index in [9.17, 15) is 9.65 Å². The Morgan fingerprint density at radius 3 is 2.29 bits per heavy atom. The van der Waals surface area contributed by atoms with Gasteiger partial charge in [-0.2, -0.15) is 5.26 Å². The molecule has 2 atom stereocenters. The van der Waals surface area contributed by atoms with Crippen molar-refractivity contribution in [3.8, 4) is 17.3 Å². The number of nitrogen functional groups attached to an aromatic ring is 1. The molecule has 0 saturated carbocycles. The fraction of sp³-hybridized carbons (Fsp3) is 0.543. The maximum absolute atomic E-state index is 16.4. The summed E-state index contributed by atoms with van der Waals surface area (Å²) in [5.41, 5.74) is 8.01. The lowest BCUT2D eigenvalue weighted by Gasteiger charge is -2.19. The molecule has 7 nitrogen and oxygen atoms in total. The van der Waals surface area contributed by atoms with E-state index in [0.717, 1.165) is 36.2 Å². The Morgan fingerprint density at radius 1 is 1.07 bits per heavy atom. The lowest BCUT2D eigenvalue weighted by molar-refractivity contribution is 0.135. The molecule has 0 spiro atoms. The third kappa shape index (κ3) is 7.20. The first-order valence-corrected chi connectivity index (χ1v) is 17.0. The van der Waals surface area contributed by atoms with Crippen LogP contribution in [0.2, 0.25) is 0 Å². The highest BCUT2D eigenvalue weighted by molar-refractivity contribution is 7.23. The Labute approximate surface area is 270 Å². The zero-order valence-electron chi connectivity index (χ0n) is 28.2. The summed E-state index contributed by atoms with van der Waals surface area (Å²) >= 11 is 0.958. The number of nitrogens with two attached hydrogens (primary N) is 1. The molecule has 2 aliphatic rings. The van der Waals surface area contributed by atoms with Gasteiger partial charge in [-0.3, -0.25) is 4.98 Å². The molecular formula is C35H48F2N6OS. The average molecular weight is 639 g/mol. The zero-order chi connectivity index (χ0) is 33.4. The van der Waals surface area contributed by atoms with Crippen LogP contribution < -0.4 is 10.6 Å². The standard InChI is InChI=1S/C26H24F2N6OS.C4H10.C3H8.C2H6/c1-11(2)15-8-34(7-12(15)3)26-32-5-14-16-9-35-10-17(16)19(21(28)22(14)33-26)23-20-13(4-29)25(30)36-24(20)18(27)6-31-23;1-3-4-2;1-3-2;1-2/h5-6,11-12,15H,7-10,30H2,1-3H3;3-4H2,1-2H3;3H2,1-2H3;1-2H3. The Bertz CT molecular complexity index is 1650. The van der Waals surface area contributed by atoms with Crippen molar-refractivity contribution in [2.75, 3.05) is 23.7 Å². The Kier molecular flexibility index (Phi) is 13.0. The first kappa shape index (κ1) is 36.1. The lowest BCUT2D eigenvalue weighted by Crippen LogP contribution is -2.23. The average Bonchev–Trinajstić information content (AvgIpc) is 3.77. The molecule has 2 unspecified atom stereocenters. The second-order valence-electron chi connectivity index (χ2n) is 11.7. The topological polar surface area (TPSA) is 101 Å². The molecule has 0 bridgehead atoms. The third-order valence-electron chi connectivity index (χ3n) is 8.04. The number of nitriles is 1. The predicted octanol–water partition coefficient (Wildman–Crippen LogP) is 9.65. The highest BCUT2D eigenvalue weighted by Crippen LogP contribution is 2.45. The minimum Gasteiger partial charge on any atom is -0.389 e. The van der Waals surface area contributed by atoms with Crippen LogP contribution in [-0.4, -0.2) is 28.0 Å². The van der Waals surface area contributed by atoms with E-state index in [0.29, 0.717) is 34.7 Å². The number of pyridine rings is 1. The van der Waals surface area contributed by atoms with Gasteiger partial charge in [-0.1, -0.05) is 81.6 Å². The number of anilines is 2. The van der Waals surface area contributed by atoms with Crippen LogP contribution in [0.3, 0.4) is 0 Å². The molecule has 3 aromatic heterocycles. The van der Waals surface area contributed by atoms with Gasteiger partial charge in [0, 0.05) is 35.6 Å². The number of benzene rings is 1. The smallest absolute Gasteiger partial charge is 0.225 e. The van der Waals surface area contributed by atoms with Crippen LogP contribution in [0, 0.1) is 40.7 Å². The Morgan fingerprint density at radius 2 is 1.71 bits per heavy atom. The van der Waals surface area contributed by atoms with Gasteiger partial charge in [0.05, 0.1) is 35.4 Å². The van der Waals surface area contributed by atoms with Gasteiger partial charge in [-0.25, -0.2) is 18.7 Å². The van der Waals surface area contributed by atoms with Crippen LogP contribution in [-0.2, 0) is 18.0 Å². The quantitative estimate of drug-likeness (QED) is 0.237. The van der Waals surface area contributed by atoms with Crippen LogP contribution in [0.25, 0.3) is 32.2 Å². The first-order valence-electron chi connectivity index (χ1n) is 16.2. The fourth-order valence-corrected chi connectivity index (χ4v) is 6.64. The summed E-state index contributed by atoms with van der Waals surface area (Å²) in [5.74, 6) is 0.796. The molecule has 0 radical (unpaired) electrons. The van der Waals surface area contributed by atoms with Crippen molar-refractivity contribution in [3.63, 3.8) is 0 Å². The molecule has 1 aromatic carbocycles. The molecule has 5 heterocycles. The maximum Gasteiger partial charge on any atom is 0.225 e. The summed E-state index contributed by atoms with van der Waals surface area (Å²) in [4.78, 5) is 15.7. The van der Waals surface area contributed by atoms with E-state index in [1.807, 2.05) is 19.9 Å². The van der Waals surface area contributed by atoms with E-state index in [1.54, 1.807) is 6.20 Å². The summed E-state index contributed by atoms with van der Waals surface area (Å²) in [5, 5.41) is 10.7. The van der Waals surface area contributed by atoms with Crippen LogP contribution in [0.15, 0.2) is 12.4 Å². The molecule has 244 valence electrons. The summed E-state index contributed by atoms with van der Waals surface area (Å²) in [6.07, 6.45) is 6.60. The van der Waals surface area contributed by atoms with Crippen molar-refractivity contribution < 1.29 is 13.5 Å². The normalized spacial score (nSPS) is 16.8. The van der Waals surface area contributed by atoms with E-state index in [-0.39, 0.29) is 50.6 Å². The van der Waals surface area contributed by atoms with Crippen LogP contribution in [0.4, 0.5) is 19.7 Å². The van der Waals surface area contributed by atoms with Gasteiger partial charge in [-0.15, -0.1) is 11.3 Å². The van der Waals surface area contributed by atoms with Gasteiger partial charge in [0.15, 0.2) is 11.6 Å². The second-order valence-corrected chi connectivity index (χ2v) is 12.7. The molecule has 1 fully saturated rings. The van der Waals surface area contributed by atoms with E-state index in [1.165, 1.54) is 19.3 Å². The molecule has 6 rings (SSSR count). The van der Waals surface area contributed by atoms with E-state index < -0.39 is 11.6 Å². The van der Waals surface area contributed by atoms with E-state index in [2.05, 4.69) is 68.3 Å². The van der Waals surface area contributed by atoms with Crippen molar-refractivity contribution in [2.45, 2.75) is 94.8 Å². The largest absolute Gasteiger partial charge is 0.389 e. The molecule has 4 aromatic rings. The van der Waals surface area contributed by atoms with E-state index >= 15 is 4.39 Å². The van der Waals surface area contributed by atoms with Crippen molar-refractivity contribution in [2.24, 2.45) is 17.8 Å². The molecule has 0 aliphatic carbocycles. The van der Waals surface area contributed by atoms with Crippen molar-refractivity contribution in [1.82, 2.24) is 15.0 Å². The predicted molar refractivity (Wildman–Crippen MR) is 183 cm³/mol. The summed E-state index contributed by atoms with van der Waals surface area (Å²) < 4.78 is 36.9. The van der Waals surface area contributed by atoms with Gasteiger partial charge >= 0.3 is 0 Å². The first-order chi connectivity index (χ1) is 21.6. The number of aromatic nitrogens is 3. The van der Waals surface area contributed by atoms with Crippen LogP contribution in [0.5, 0.6) is 0 Å². The second kappa shape index (κ2) is 16.2. The fourth-order valence-electron chi connectivity index (χ4n) is 5.71. The van der Waals surface area contributed by atoms with E-state index in [4.69, 9.17) is 10.5 Å². The van der Waals surface area contributed by atoms with Crippen molar-refractivity contribution in [3.05, 3.63) is 40.7 Å². The molecule has 2 N–H and O–H groups in total. The molecule has 2 aliphatic heterocycles. The van der Waals surface area contributed by atoms with Gasteiger partial charge in [-0.05, 0) is 28.9 Å². The molecule has 0 amide bonds. The number of unbranched alkanes of at least 4 members (excludes halogenated alkanes) is 1. The van der Waals surface area contributed by atoms with Crippen molar-refractivity contribution >= 4 is 43.3 Å².